The first kappa shape index (κ1) is 16.2. The fraction of sp³-hybridized carbons (Fsp3) is 0.368. The zero-order valence-corrected chi connectivity index (χ0v) is 13.5. The highest BCUT2D eigenvalue weighted by Crippen LogP contribution is 2.30. The number of nitrogens with one attached hydrogen (secondary N) is 1. The van der Waals surface area contributed by atoms with Gasteiger partial charge in [-0.2, -0.15) is 0 Å². The molecule has 2 rings (SSSR count). The normalized spacial score (nSPS) is 10.3. The molecule has 0 atom stereocenters. The standard InChI is InChI=1S/C19H25NO2/c1-20-17-12-13-18(19(15-17)21-2)22-14-8-4-7-11-16-9-5-3-6-10-16/h3,5-6,9-10,12-13,15,20H,4,7-8,11,14H2,1-2H3. The van der Waals surface area contributed by atoms with Crippen molar-refractivity contribution in [3.63, 3.8) is 0 Å². The first-order chi connectivity index (χ1) is 10.8. The maximum Gasteiger partial charge on any atom is 0.162 e. The van der Waals surface area contributed by atoms with Crippen molar-refractivity contribution in [2.24, 2.45) is 0 Å². The lowest BCUT2D eigenvalue weighted by atomic mass is 10.1. The summed E-state index contributed by atoms with van der Waals surface area (Å²) in [6, 6.07) is 16.5. The van der Waals surface area contributed by atoms with Crippen LogP contribution in [-0.4, -0.2) is 20.8 Å². The Kier molecular flexibility index (Phi) is 6.62. The van der Waals surface area contributed by atoms with E-state index in [2.05, 4.69) is 35.6 Å². The van der Waals surface area contributed by atoms with Crippen LogP contribution in [0.25, 0.3) is 0 Å². The number of ether oxygens (including phenoxy) is 2. The minimum Gasteiger partial charge on any atom is -0.493 e. The van der Waals surface area contributed by atoms with E-state index in [0.717, 1.165) is 36.6 Å². The van der Waals surface area contributed by atoms with E-state index >= 15 is 0 Å². The minimum atomic E-state index is 0.726. The summed E-state index contributed by atoms with van der Waals surface area (Å²) in [5.41, 5.74) is 2.43. The Morgan fingerprint density at radius 3 is 2.45 bits per heavy atom. The van der Waals surface area contributed by atoms with Gasteiger partial charge in [-0.3, -0.25) is 0 Å². The molecule has 0 aromatic heterocycles. The zero-order chi connectivity index (χ0) is 15.6. The Balaban J connectivity index is 1.68. The predicted molar refractivity (Wildman–Crippen MR) is 92.0 cm³/mol. The molecule has 0 spiro atoms. The Hall–Kier alpha value is -2.16. The summed E-state index contributed by atoms with van der Waals surface area (Å²) in [5.74, 6) is 1.58. The predicted octanol–water partition coefficient (Wildman–Crippen LogP) is 4.53. The third-order valence-electron chi connectivity index (χ3n) is 3.66. The van der Waals surface area contributed by atoms with Crippen LogP contribution in [0.15, 0.2) is 48.5 Å². The molecule has 0 aliphatic carbocycles. The number of anilines is 1. The van der Waals surface area contributed by atoms with Crippen molar-refractivity contribution in [1.82, 2.24) is 0 Å². The summed E-state index contributed by atoms with van der Waals surface area (Å²) in [7, 11) is 3.56. The molecule has 3 nitrogen and oxygen atoms in total. The number of unbranched alkanes of at least 4 members (excludes halogenated alkanes) is 2. The molecule has 0 aliphatic rings. The quantitative estimate of drug-likeness (QED) is 0.690. The SMILES string of the molecule is CNc1ccc(OCCCCCc2ccccc2)c(OC)c1. The lowest BCUT2D eigenvalue weighted by Gasteiger charge is -2.12. The monoisotopic (exact) mass is 299 g/mol. The summed E-state index contributed by atoms with van der Waals surface area (Å²) >= 11 is 0. The molecule has 0 radical (unpaired) electrons. The molecule has 0 saturated heterocycles. The zero-order valence-electron chi connectivity index (χ0n) is 13.5. The van der Waals surface area contributed by atoms with Gasteiger partial charge in [0, 0.05) is 18.8 Å². The second-order valence-corrected chi connectivity index (χ2v) is 5.26. The summed E-state index contributed by atoms with van der Waals surface area (Å²) in [5, 5.41) is 3.09. The van der Waals surface area contributed by atoms with Gasteiger partial charge >= 0.3 is 0 Å². The highest BCUT2D eigenvalue weighted by molar-refractivity contribution is 5.54. The molecule has 22 heavy (non-hydrogen) atoms. The van der Waals surface area contributed by atoms with Gasteiger partial charge in [0.05, 0.1) is 13.7 Å². The average molecular weight is 299 g/mol. The van der Waals surface area contributed by atoms with Crippen molar-refractivity contribution in [1.29, 1.82) is 0 Å². The van der Waals surface area contributed by atoms with Crippen LogP contribution in [-0.2, 0) is 6.42 Å². The van der Waals surface area contributed by atoms with Crippen molar-refractivity contribution in [3.8, 4) is 11.5 Å². The number of aryl methyl sites for hydroxylation is 1. The van der Waals surface area contributed by atoms with Crippen LogP contribution < -0.4 is 14.8 Å². The fourth-order valence-electron chi connectivity index (χ4n) is 2.38. The van der Waals surface area contributed by atoms with Gasteiger partial charge in [-0.05, 0) is 43.4 Å². The van der Waals surface area contributed by atoms with Crippen LogP contribution in [0.5, 0.6) is 11.5 Å². The van der Waals surface area contributed by atoms with E-state index in [0.29, 0.717) is 0 Å². The molecule has 3 heteroatoms. The number of rotatable bonds is 9. The molecule has 0 unspecified atom stereocenters. The van der Waals surface area contributed by atoms with Crippen LogP contribution in [0.1, 0.15) is 24.8 Å². The highest BCUT2D eigenvalue weighted by Gasteiger charge is 2.05. The molecule has 2 aromatic carbocycles. The van der Waals surface area contributed by atoms with E-state index in [-0.39, 0.29) is 0 Å². The molecular formula is C19H25NO2. The average Bonchev–Trinajstić information content (AvgIpc) is 2.59. The molecule has 118 valence electrons. The third kappa shape index (κ3) is 4.99. The van der Waals surface area contributed by atoms with Gasteiger partial charge in [0.25, 0.3) is 0 Å². The lowest BCUT2D eigenvalue weighted by molar-refractivity contribution is 0.285. The molecular weight excluding hydrogens is 274 g/mol. The van der Waals surface area contributed by atoms with Gasteiger partial charge in [-0.25, -0.2) is 0 Å². The molecule has 0 bridgehead atoms. The highest BCUT2D eigenvalue weighted by atomic mass is 16.5. The Labute approximate surface area is 133 Å². The van der Waals surface area contributed by atoms with E-state index in [1.807, 2.05) is 25.2 Å². The molecule has 0 amide bonds. The van der Waals surface area contributed by atoms with Crippen LogP contribution in [0.2, 0.25) is 0 Å². The molecule has 0 aliphatic heterocycles. The minimum absolute atomic E-state index is 0.726. The first-order valence-electron chi connectivity index (χ1n) is 7.86. The van der Waals surface area contributed by atoms with E-state index in [4.69, 9.17) is 9.47 Å². The summed E-state index contributed by atoms with van der Waals surface area (Å²) in [4.78, 5) is 0. The maximum absolute atomic E-state index is 5.83. The molecule has 2 aromatic rings. The van der Waals surface area contributed by atoms with Crippen LogP contribution in [0, 0.1) is 0 Å². The van der Waals surface area contributed by atoms with Crippen molar-refractivity contribution in [2.45, 2.75) is 25.7 Å². The van der Waals surface area contributed by atoms with Gasteiger partial charge < -0.3 is 14.8 Å². The second kappa shape index (κ2) is 8.98. The van der Waals surface area contributed by atoms with Crippen molar-refractivity contribution >= 4 is 5.69 Å². The number of hydrogen-bond donors (Lipinski definition) is 1. The van der Waals surface area contributed by atoms with Crippen molar-refractivity contribution in [2.75, 3.05) is 26.1 Å². The summed E-state index contributed by atoms with van der Waals surface area (Å²) in [6.07, 6.45) is 4.57. The summed E-state index contributed by atoms with van der Waals surface area (Å²) in [6.45, 7) is 0.726. The van der Waals surface area contributed by atoms with E-state index in [1.54, 1.807) is 7.11 Å². The van der Waals surface area contributed by atoms with Crippen LogP contribution in [0.4, 0.5) is 5.69 Å². The molecule has 1 N–H and O–H groups in total. The largest absolute Gasteiger partial charge is 0.493 e. The smallest absolute Gasteiger partial charge is 0.162 e. The van der Waals surface area contributed by atoms with Crippen LogP contribution >= 0.6 is 0 Å². The number of benzene rings is 2. The van der Waals surface area contributed by atoms with Crippen molar-refractivity contribution in [3.05, 3.63) is 54.1 Å². The summed E-state index contributed by atoms with van der Waals surface area (Å²) < 4.78 is 11.2. The molecule has 0 fully saturated rings. The van der Waals surface area contributed by atoms with Crippen molar-refractivity contribution < 1.29 is 9.47 Å². The topological polar surface area (TPSA) is 30.5 Å². The van der Waals surface area contributed by atoms with E-state index in [1.165, 1.54) is 18.4 Å². The third-order valence-corrected chi connectivity index (χ3v) is 3.66. The molecule has 0 heterocycles. The van der Waals surface area contributed by atoms with E-state index in [9.17, 15) is 0 Å². The Bertz CT molecular complexity index is 555. The number of methoxy groups -OCH3 is 1. The van der Waals surface area contributed by atoms with Gasteiger partial charge in [0.15, 0.2) is 11.5 Å². The Morgan fingerprint density at radius 1 is 0.909 bits per heavy atom. The van der Waals surface area contributed by atoms with Gasteiger partial charge in [-0.1, -0.05) is 30.3 Å². The van der Waals surface area contributed by atoms with E-state index < -0.39 is 0 Å². The van der Waals surface area contributed by atoms with Gasteiger partial charge in [-0.15, -0.1) is 0 Å². The van der Waals surface area contributed by atoms with Gasteiger partial charge in [0.1, 0.15) is 0 Å². The van der Waals surface area contributed by atoms with Gasteiger partial charge in [0.2, 0.25) is 0 Å². The molecule has 0 saturated carbocycles. The fourth-order valence-corrected chi connectivity index (χ4v) is 2.38. The lowest BCUT2D eigenvalue weighted by Crippen LogP contribution is -2.00. The maximum atomic E-state index is 5.83. The Morgan fingerprint density at radius 2 is 1.73 bits per heavy atom. The number of hydrogen-bond acceptors (Lipinski definition) is 3. The van der Waals surface area contributed by atoms with Crippen LogP contribution in [0.3, 0.4) is 0 Å². The second-order valence-electron chi connectivity index (χ2n) is 5.26. The first-order valence-corrected chi connectivity index (χ1v) is 7.86.